The molecule has 0 spiro atoms. The Morgan fingerprint density at radius 1 is 1.21 bits per heavy atom. The van der Waals surface area contributed by atoms with Crippen LogP contribution in [0.25, 0.3) is 0 Å². The average Bonchev–Trinajstić information content (AvgIpc) is 2.56. The minimum Gasteiger partial charge on any atom is -0.486 e. The molecule has 1 atom stereocenters. The smallest absolute Gasteiger partial charge is 0.193 e. The van der Waals surface area contributed by atoms with Gasteiger partial charge in [-0.05, 0) is 43.2 Å². The first-order valence-corrected chi connectivity index (χ1v) is 7.65. The summed E-state index contributed by atoms with van der Waals surface area (Å²) in [6.07, 6.45) is 0.712. The van der Waals surface area contributed by atoms with Crippen molar-refractivity contribution in [2.45, 2.75) is 26.4 Å². The SMILES string of the molecule is CCc1ccc(NC(N)=NCC(C)Oc2ccccc2F)cc1.I. The summed E-state index contributed by atoms with van der Waals surface area (Å²) in [5.74, 6) is 0.139. The molecular weight excluding hydrogens is 420 g/mol. The van der Waals surface area contributed by atoms with Crippen LogP contribution in [0.15, 0.2) is 53.5 Å². The number of nitrogens with zero attached hydrogens (tertiary/aromatic N) is 1. The van der Waals surface area contributed by atoms with Crippen molar-refractivity contribution in [3.8, 4) is 5.75 Å². The fourth-order valence-corrected chi connectivity index (χ4v) is 2.03. The van der Waals surface area contributed by atoms with E-state index in [-0.39, 0.29) is 41.6 Å². The van der Waals surface area contributed by atoms with E-state index >= 15 is 0 Å². The third-order valence-corrected chi connectivity index (χ3v) is 3.32. The summed E-state index contributed by atoms with van der Waals surface area (Å²) in [7, 11) is 0. The molecule has 24 heavy (non-hydrogen) atoms. The zero-order valence-corrected chi connectivity index (χ0v) is 16.2. The molecule has 1 unspecified atom stereocenters. The Morgan fingerprint density at radius 3 is 2.50 bits per heavy atom. The quantitative estimate of drug-likeness (QED) is 0.400. The van der Waals surface area contributed by atoms with Gasteiger partial charge in [0.1, 0.15) is 6.10 Å². The molecule has 2 aromatic rings. The topological polar surface area (TPSA) is 59.6 Å². The number of guanidine groups is 1. The number of para-hydroxylation sites is 1. The number of halogens is 2. The zero-order chi connectivity index (χ0) is 16.7. The van der Waals surface area contributed by atoms with Crippen LogP contribution in [0.5, 0.6) is 5.75 Å². The minimum absolute atomic E-state index is 0. The Kier molecular flexibility index (Phi) is 8.53. The maximum atomic E-state index is 13.5. The van der Waals surface area contributed by atoms with E-state index in [0.29, 0.717) is 12.5 Å². The highest BCUT2D eigenvalue weighted by Gasteiger charge is 2.07. The number of ether oxygens (including phenoxy) is 1. The lowest BCUT2D eigenvalue weighted by Crippen LogP contribution is -2.25. The van der Waals surface area contributed by atoms with E-state index in [2.05, 4.69) is 17.2 Å². The molecule has 0 aromatic heterocycles. The van der Waals surface area contributed by atoms with Crippen molar-refractivity contribution in [3.63, 3.8) is 0 Å². The summed E-state index contributed by atoms with van der Waals surface area (Å²) >= 11 is 0. The third kappa shape index (κ3) is 6.35. The summed E-state index contributed by atoms with van der Waals surface area (Å²) in [6, 6.07) is 14.3. The van der Waals surface area contributed by atoms with E-state index in [1.807, 2.05) is 31.2 Å². The Bertz CT molecular complexity index is 662. The van der Waals surface area contributed by atoms with Gasteiger partial charge >= 0.3 is 0 Å². The van der Waals surface area contributed by atoms with Crippen molar-refractivity contribution in [1.29, 1.82) is 0 Å². The normalized spacial score (nSPS) is 12.2. The minimum atomic E-state index is -0.384. The zero-order valence-electron chi connectivity index (χ0n) is 13.8. The molecule has 0 radical (unpaired) electrons. The third-order valence-electron chi connectivity index (χ3n) is 3.32. The summed E-state index contributed by atoms with van der Waals surface area (Å²) < 4.78 is 19.0. The van der Waals surface area contributed by atoms with E-state index in [1.165, 1.54) is 11.6 Å². The number of rotatable bonds is 6. The first-order valence-electron chi connectivity index (χ1n) is 7.65. The molecule has 0 aliphatic rings. The molecule has 3 N–H and O–H groups in total. The highest BCUT2D eigenvalue weighted by atomic mass is 127. The summed E-state index contributed by atoms with van der Waals surface area (Å²) in [4.78, 5) is 4.22. The van der Waals surface area contributed by atoms with Crippen LogP contribution < -0.4 is 15.8 Å². The molecule has 0 aliphatic heterocycles. The Labute approximate surface area is 159 Å². The number of aliphatic imine (C=N–C) groups is 1. The lowest BCUT2D eigenvalue weighted by molar-refractivity contribution is 0.220. The van der Waals surface area contributed by atoms with Gasteiger partial charge in [-0.3, -0.25) is 0 Å². The fraction of sp³-hybridized carbons (Fsp3) is 0.278. The van der Waals surface area contributed by atoms with Crippen molar-refractivity contribution in [2.75, 3.05) is 11.9 Å². The van der Waals surface area contributed by atoms with Gasteiger partial charge in [0.2, 0.25) is 0 Å². The monoisotopic (exact) mass is 443 g/mol. The molecule has 130 valence electrons. The van der Waals surface area contributed by atoms with Crippen LogP contribution in [0, 0.1) is 5.82 Å². The second kappa shape index (κ2) is 10.1. The van der Waals surface area contributed by atoms with Gasteiger partial charge in [-0.2, -0.15) is 0 Å². The Morgan fingerprint density at radius 2 is 1.88 bits per heavy atom. The molecule has 2 aromatic carbocycles. The highest BCUT2D eigenvalue weighted by Crippen LogP contribution is 2.17. The molecule has 0 heterocycles. The van der Waals surface area contributed by atoms with E-state index in [9.17, 15) is 4.39 Å². The standard InChI is InChI=1S/C18H22FN3O.HI/c1-3-14-8-10-15(11-9-14)22-18(20)21-12-13(2)23-17-7-5-4-6-16(17)19;/h4-11,13H,3,12H2,1-2H3,(H3,20,21,22);1H. The average molecular weight is 443 g/mol. The van der Waals surface area contributed by atoms with Crippen molar-refractivity contribution in [2.24, 2.45) is 10.7 Å². The summed E-state index contributed by atoms with van der Waals surface area (Å²) in [5, 5.41) is 3.02. The van der Waals surface area contributed by atoms with Gasteiger partial charge in [0.05, 0.1) is 6.54 Å². The van der Waals surface area contributed by atoms with E-state index in [4.69, 9.17) is 10.5 Å². The van der Waals surface area contributed by atoms with Crippen LogP contribution >= 0.6 is 24.0 Å². The van der Waals surface area contributed by atoms with Crippen molar-refractivity contribution in [1.82, 2.24) is 0 Å². The summed E-state index contributed by atoms with van der Waals surface area (Å²) in [5.41, 5.74) is 8.00. The molecule has 2 rings (SSSR count). The van der Waals surface area contributed by atoms with Gasteiger partial charge in [0.25, 0.3) is 0 Å². The molecule has 0 bridgehead atoms. The fourth-order valence-electron chi connectivity index (χ4n) is 2.03. The van der Waals surface area contributed by atoms with Crippen molar-refractivity contribution < 1.29 is 9.13 Å². The van der Waals surface area contributed by atoms with Gasteiger partial charge in [-0.15, -0.1) is 24.0 Å². The van der Waals surface area contributed by atoms with Crippen molar-refractivity contribution in [3.05, 3.63) is 59.9 Å². The lowest BCUT2D eigenvalue weighted by Gasteiger charge is -2.13. The molecule has 0 saturated carbocycles. The Hall–Kier alpha value is -1.83. The van der Waals surface area contributed by atoms with E-state index in [0.717, 1.165) is 12.1 Å². The lowest BCUT2D eigenvalue weighted by atomic mass is 10.1. The van der Waals surface area contributed by atoms with E-state index < -0.39 is 0 Å². The van der Waals surface area contributed by atoms with Gasteiger partial charge in [0.15, 0.2) is 17.5 Å². The highest BCUT2D eigenvalue weighted by molar-refractivity contribution is 14.0. The van der Waals surface area contributed by atoms with E-state index in [1.54, 1.807) is 18.2 Å². The first-order chi connectivity index (χ1) is 11.1. The van der Waals surface area contributed by atoms with Gasteiger partial charge in [-0.1, -0.05) is 31.2 Å². The molecule has 0 saturated heterocycles. The maximum absolute atomic E-state index is 13.5. The second-order valence-electron chi connectivity index (χ2n) is 5.26. The first kappa shape index (κ1) is 20.2. The number of hydrogen-bond donors (Lipinski definition) is 2. The van der Waals surface area contributed by atoms with Crippen LogP contribution in [0.1, 0.15) is 19.4 Å². The Balaban J connectivity index is 0.00000288. The number of aryl methyl sites for hydroxylation is 1. The van der Waals surface area contributed by atoms with Crippen LogP contribution in [0.2, 0.25) is 0 Å². The second-order valence-corrected chi connectivity index (χ2v) is 5.26. The predicted octanol–water partition coefficient (Wildman–Crippen LogP) is 4.20. The summed E-state index contributed by atoms with van der Waals surface area (Å²) in [6.45, 7) is 4.26. The van der Waals surface area contributed by atoms with Gasteiger partial charge in [-0.25, -0.2) is 9.38 Å². The predicted molar refractivity (Wildman–Crippen MR) is 108 cm³/mol. The van der Waals surface area contributed by atoms with Gasteiger partial charge in [0, 0.05) is 5.69 Å². The van der Waals surface area contributed by atoms with Crippen LogP contribution in [-0.2, 0) is 6.42 Å². The maximum Gasteiger partial charge on any atom is 0.193 e. The largest absolute Gasteiger partial charge is 0.486 e. The van der Waals surface area contributed by atoms with Crippen LogP contribution in [-0.4, -0.2) is 18.6 Å². The van der Waals surface area contributed by atoms with Crippen LogP contribution in [0.4, 0.5) is 10.1 Å². The number of nitrogens with one attached hydrogen (secondary N) is 1. The van der Waals surface area contributed by atoms with Crippen LogP contribution in [0.3, 0.4) is 0 Å². The molecule has 6 heteroatoms. The number of nitrogens with two attached hydrogens (primary N) is 1. The number of anilines is 1. The molecular formula is C18H23FIN3O. The van der Waals surface area contributed by atoms with Gasteiger partial charge < -0.3 is 15.8 Å². The molecule has 0 aliphatic carbocycles. The number of benzene rings is 2. The number of hydrogen-bond acceptors (Lipinski definition) is 2. The van der Waals surface area contributed by atoms with Crippen molar-refractivity contribution >= 4 is 35.6 Å². The molecule has 0 fully saturated rings. The molecule has 4 nitrogen and oxygen atoms in total. The molecule has 0 amide bonds.